The number of carbonyl (C=O) groups is 4. The van der Waals surface area contributed by atoms with Crippen molar-refractivity contribution in [3.8, 4) is 0 Å². The lowest BCUT2D eigenvalue weighted by Crippen LogP contribution is -2.58. The van der Waals surface area contributed by atoms with Gasteiger partial charge in [0.25, 0.3) is 5.91 Å². The number of ether oxygens (including phenoxy) is 1. The molecule has 0 aromatic rings. The van der Waals surface area contributed by atoms with Crippen molar-refractivity contribution in [3.63, 3.8) is 0 Å². The minimum absolute atomic E-state index is 0.159. The summed E-state index contributed by atoms with van der Waals surface area (Å²) in [5.74, 6) is -3.15. The second-order valence-electron chi connectivity index (χ2n) is 9.81. The van der Waals surface area contributed by atoms with E-state index in [-0.39, 0.29) is 17.7 Å². The van der Waals surface area contributed by atoms with E-state index in [0.29, 0.717) is 45.2 Å². The number of alkyl halides is 3. The van der Waals surface area contributed by atoms with Crippen LogP contribution in [0.4, 0.5) is 13.2 Å². The van der Waals surface area contributed by atoms with Crippen LogP contribution in [0.2, 0.25) is 0 Å². The lowest BCUT2D eigenvalue weighted by atomic mass is 9.79. The summed E-state index contributed by atoms with van der Waals surface area (Å²) in [6.07, 6.45) is -1.41. The molecule has 2 aliphatic heterocycles. The van der Waals surface area contributed by atoms with Gasteiger partial charge in [0.05, 0.1) is 6.04 Å². The highest BCUT2D eigenvalue weighted by molar-refractivity contribution is 5.96. The van der Waals surface area contributed by atoms with Gasteiger partial charge in [-0.05, 0) is 56.8 Å². The van der Waals surface area contributed by atoms with Gasteiger partial charge < -0.3 is 20.6 Å². The number of aliphatic hydroxyl groups is 1. The van der Waals surface area contributed by atoms with E-state index < -0.39 is 54.2 Å². The Morgan fingerprint density at radius 2 is 1.94 bits per heavy atom. The number of halogens is 3. The molecule has 184 valence electrons. The van der Waals surface area contributed by atoms with Crippen LogP contribution in [0.3, 0.4) is 0 Å². The SMILES string of the molecule is O=C(COC(F)(F)F)C(C[C@@H]1CCNC1=O)NC(=O)[C@@H]1CC2(CC2)CN1C(=O)C1(O)CCC1. The van der Waals surface area contributed by atoms with Crippen molar-refractivity contribution in [1.82, 2.24) is 15.5 Å². The summed E-state index contributed by atoms with van der Waals surface area (Å²) < 4.78 is 41.0. The molecule has 0 radical (unpaired) electrons. The molecule has 2 aliphatic carbocycles. The molecular formula is C21H28F3N3O6. The predicted octanol–water partition coefficient (Wildman–Crippen LogP) is 0.399. The Bertz CT molecular complexity index is 840. The number of hydrogen-bond acceptors (Lipinski definition) is 6. The summed E-state index contributed by atoms with van der Waals surface area (Å²) in [6.45, 7) is -0.587. The minimum Gasteiger partial charge on any atom is -0.380 e. The largest absolute Gasteiger partial charge is 0.522 e. The predicted molar refractivity (Wildman–Crippen MR) is 105 cm³/mol. The normalized spacial score (nSPS) is 28.2. The van der Waals surface area contributed by atoms with Crippen LogP contribution in [0.15, 0.2) is 0 Å². The van der Waals surface area contributed by atoms with E-state index in [1.165, 1.54) is 4.90 Å². The van der Waals surface area contributed by atoms with Gasteiger partial charge in [0.15, 0.2) is 5.78 Å². The topological polar surface area (TPSA) is 125 Å². The van der Waals surface area contributed by atoms with E-state index in [1.807, 2.05) is 0 Å². The summed E-state index contributed by atoms with van der Waals surface area (Å²) in [5, 5.41) is 15.6. The van der Waals surface area contributed by atoms with Gasteiger partial charge in [-0.3, -0.25) is 23.9 Å². The second kappa shape index (κ2) is 8.53. The zero-order valence-electron chi connectivity index (χ0n) is 18.1. The number of nitrogens with zero attached hydrogens (tertiary/aromatic N) is 1. The highest BCUT2D eigenvalue weighted by Gasteiger charge is 2.58. The molecule has 4 rings (SSSR count). The highest BCUT2D eigenvalue weighted by atomic mass is 19.4. The van der Waals surface area contributed by atoms with E-state index in [4.69, 9.17) is 0 Å². The molecule has 12 heteroatoms. The molecule has 3 N–H and O–H groups in total. The van der Waals surface area contributed by atoms with E-state index in [2.05, 4.69) is 15.4 Å². The van der Waals surface area contributed by atoms with E-state index in [1.54, 1.807) is 0 Å². The first-order valence-electron chi connectivity index (χ1n) is 11.3. The highest BCUT2D eigenvalue weighted by Crippen LogP contribution is 2.55. The molecule has 2 heterocycles. The quantitative estimate of drug-likeness (QED) is 0.467. The monoisotopic (exact) mass is 475 g/mol. The Balaban J connectivity index is 1.47. The van der Waals surface area contributed by atoms with Crippen LogP contribution >= 0.6 is 0 Å². The average Bonchev–Trinajstić information content (AvgIpc) is 3.18. The summed E-state index contributed by atoms with van der Waals surface area (Å²) in [7, 11) is 0. The molecule has 3 atom stereocenters. The molecule has 1 unspecified atom stereocenters. The Kier molecular flexibility index (Phi) is 6.19. The van der Waals surface area contributed by atoms with Gasteiger partial charge in [-0.1, -0.05) is 0 Å². The van der Waals surface area contributed by atoms with Crippen molar-refractivity contribution in [2.75, 3.05) is 19.7 Å². The van der Waals surface area contributed by atoms with Crippen molar-refractivity contribution in [2.45, 2.75) is 75.4 Å². The zero-order chi connectivity index (χ0) is 24.0. The standard InChI is InChI=1S/C21H28F3N3O6/c22-21(23,24)33-10-15(28)13(8-12-2-7-25-16(12)29)26-17(30)14-9-19(5-6-19)11-27(14)18(31)20(32)3-1-4-20/h12-14,32H,1-11H2,(H,25,29)(H,26,30)/t12-,13?,14-/m0/s1. The van der Waals surface area contributed by atoms with E-state index in [9.17, 15) is 37.5 Å². The minimum atomic E-state index is -5.01. The summed E-state index contributed by atoms with van der Waals surface area (Å²) in [4.78, 5) is 52.0. The number of rotatable bonds is 8. The first-order chi connectivity index (χ1) is 15.4. The lowest BCUT2D eigenvalue weighted by molar-refractivity contribution is -0.321. The molecule has 3 amide bonds. The van der Waals surface area contributed by atoms with Crippen LogP contribution in [-0.4, -0.2) is 77.3 Å². The maximum absolute atomic E-state index is 13.2. The smallest absolute Gasteiger partial charge is 0.380 e. The Morgan fingerprint density at radius 3 is 2.45 bits per heavy atom. The molecule has 1 spiro atoms. The van der Waals surface area contributed by atoms with E-state index in [0.717, 1.165) is 12.8 Å². The fourth-order valence-electron chi connectivity index (χ4n) is 4.98. The van der Waals surface area contributed by atoms with Crippen LogP contribution in [0.5, 0.6) is 0 Å². The van der Waals surface area contributed by atoms with Crippen molar-refractivity contribution >= 4 is 23.5 Å². The second-order valence-corrected chi connectivity index (χ2v) is 9.81. The van der Waals surface area contributed by atoms with Crippen molar-refractivity contribution in [3.05, 3.63) is 0 Å². The first kappa shape index (κ1) is 23.9. The number of nitrogens with one attached hydrogen (secondary N) is 2. The molecular weight excluding hydrogens is 447 g/mol. The Labute approximate surface area is 188 Å². The summed E-state index contributed by atoms with van der Waals surface area (Å²) >= 11 is 0. The van der Waals surface area contributed by atoms with Gasteiger partial charge in [0.1, 0.15) is 18.2 Å². The number of Topliss-reactive ketones (excluding diaryl/α,β-unsaturated/α-hetero) is 1. The average molecular weight is 475 g/mol. The van der Waals surface area contributed by atoms with Crippen LogP contribution in [0, 0.1) is 11.3 Å². The van der Waals surface area contributed by atoms with Crippen molar-refractivity contribution in [2.24, 2.45) is 11.3 Å². The van der Waals surface area contributed by atoms with Crippen molar-refractivity contribution < 1.29 is 42.2 Å². The number of amides is 3. The zero-order valence-corrected chi connectivity index (χ0v) is 18.1. The molecule has 0 bridgehead atoms. The van der Waals surface area contributed by atoms with Gasteiger partial charge in [-0.2, -0.15) is 0 Å². The maximum atomic E-state index is 13.2. The van der Waals surface area contributed by atoms with Gasteiger partial charge in [0.2, 0.25) is 11.8 Å². The van der Waals surface area contributed by atoms with Gasteiger partial charge >= 0.3 is 6.36 Å². The van der Waals surface area contributed by atoms with Gasteiger partial charge in [-0.15, -0.1) is 13.2 Å². The Morgan fingerprint density at radius 1 is 1.24 bits per heavy atom. The molecule has 4 aliphatic rings. The first-order valence-corrected chi connectivity index (χ1v) is 11.3. The van der Waals surface area contributed by atoms with Crippen molar-refractivity contribution in [1.29, 1.82) is 0 Å². The van der Waals surface area contributed by atoms with Crippen LogP contribution < -0.4 is 10.6 Å². The molecule has 0 aromatic carbocycles. The number of likely N-dealkylation sites (tertiary alicyclic amines) is 1. The van der Waals surface area contributed by atoms with Crippen LogP contribution in [0.1, 0.15) is 51.4 Å². The molecule has 2 saturated carbocycles. The van der Waals surface area contributed by atoms with E-state index >= 15 is 0 Å². The van der Waals surface area contributed by atoms with Crippen LogP contribution in [-0.2, 0) is 23.9 Å². The fraction of sp³-hybridized carbons (Fsp3) is 0.810. The van der Waals surface area contributed by atoms with Crippen LogP contribution in [0.25, 0.3) is 0 Å². The lowest BCUT2D eigenvalue weighted by Gasteiger charge is -2.39. The summed E-state index contributed by atoms with van der Waals surface area (Å²) in [5.41, 5.74) is -1.68. The third kappa shape index (κ3) is 5.16. The molecule has 4 fully saturated rings. The third-order valence-electron chi connectivity index (χ3n) is 7.37. The maximum Gasteiger partial charge on any atom is 0.522 e. The number of carbonyl (C=O) groups excluding carboxylic acids is 4. The van der Waals surface area contributed by atoms with Gasteiger partial charge in [-0.25, -0.2) is 0 Å². The number of ketones is 1. The number of hydrogen-bond donors (Lipinski definition) is 3. The fourth-order valence-corrected chi connectivity index (χ4v) is 4.98. The third-order valence-corrected chi connectivity index (χ3v) is 7.37. The Hall–Kier alpha value is -2.21. The molecule has 9 nitrogen and oxygen atoms in total. The summed E-state index contributed by atoms with van der Waals surface area (Å²) in [6, 6.07) is -2.30. The van der Waals surface area contributed by atoms with Gasteiger partial charge in [0, 0.05) is 19.0 Å². The molecule has 33 heavy (non-hydrogen) atoms. The molecule has 0 aromatic heterocycles. The molecule has 2 saturated heterocycles.